The minimum absolute atomic E-state index is 0.193. The smallest absolute Gasteiger partial charge is 0.418 e. The van der Waals surface area contributed by atoms with Crippen LogP contribution in [0.5, 0.6) is 0 Å². The Morgan fingerprint density at radius 1 is 0.571 bits per heavy atom. The largest absolute Gasteiger partial charge is 0.673 e. The first-order valence-electron chi connectivity index (χ1n) is 9.85. The molecule has 0 aliphatic carbocycles. The third-order valence-electron chi connectivity index (χ3n) is 4.45. The van der Waals surface area contributed by atoms with E-state index in [0.29, 0.717) is 10.3 Å². The van der Waals surface area contributed by atoms with E-state index in [0.717, 1.165) is 0 Å². The average Bonchev–Trinajstić information content (AvgIpc) is 2.30. The van der Waals surface area contributed by atoms with Gasteiger partial charge in [0, 0.05) is 7.92 Å². The molecule has 0 spiro atoms. The van der Waals surface area contributed by atoms with Gasteiger partial charge in [-0.05, 0) is 75.6 Å². The predicted octanol–water partition coefficient (Wildman–Crippen LogP) is 8.02. The fourth-order valence-corrected chi connectivity index (χ4v) is 8.21. The van der Waals surface area contributed by atoms with Gasteiger partial charge in [0.15, 0.2) is 0 Å². The van der Waals surface area contributed by atoms with Crippen LogP contribution in [-0.2, 0) is 10.8 Å². The van der Waals surface area contributed by atoms with Gasteiger partial charge in [0.2, 0.25) is 0 Å². The summed E-state index contributed by atoms with van der Waals surface area (Å²) in [4.78, 5) is 0. The van der Waals surface area contributed by atoms with Crippen LogP contribution < -0.4 is 5.30 Å². The van der Waals surface area contributed by atoms with Crippen LogP contribution >= 0.6 is 7.92 Å². The van der Waals surface area contributed by atoms with E-state index < -0.39 is 15.2 Å². The lowest BCUT2D eigenvalue weighted by Crippen LogP contribution is -2.32. The second-order valence-electron chi connectivity index (χ2n) is 11.7. The third-order valence-corrected chi connectivity index (χ3v) is 8.32. The highest BCUT2D eigenvalue weighted by Crippen LogP contribution is 2.58. The molecule has 164 valence electrons. The Bertz CT molecular complexity index is 587. The Balaban J connectivity index is 0.00000129. The van der Waals surface area contributed by atoms with Crippen molar-refractivity contribution in [3.05, 3.63) is 29.3 Å². The Morgan fingerprint density at radius 2 is 0.821 bits per heavy atom. The molecule has 0 saturated carbocycles. The normalized spacial score (nSPS) is 14.0. The molecule has 0 radical (unpaired) electrons. The quantitative estimate of drug-likeness (QED) is 0.244. The maximum atomic E-state index is 9.75. The predicted molar refractivity (Wildman–Crippen MR) is 121 cm³/mol. The highest BCUT2D eigenvalue weighted by molar-refractivity contribution is 7.68. The molecule has 0 N–H and O–H groups in total. The van der Waals surface area contributed by atoms with Gasteiger partial charge in [-0.1, -0.05) is 47.6 Å². The van der Waals surface area contributed by atoms with E-state index >= 15 is 0 Å². The van der Waals surface area contributed by atoms with Crippen LogP contribution in [0, 0.1) is 0 Å². The lowest BCUT2D eigenvalue weighted by Gasteiger charge is -2.35. The average molecular weight is 422 g/mol. The molecule has 6 heteroatoms. The van der Waals surface area contributed by atoms with Crippen molar-refractivity contribution in [3.8, 4) is 0 Å². The summed E-state index contributed by atoms with van der Waals surface area (Å²) in [5.74, 6) is 0. The minimum Gasteiger partial charge on any atom is -0.418 e. The highest BCUT2D eigenvalue weighted by Gasteiger charge is 2.44. The molecule has 0 aliphatic rings. The fraction of sp³-hybridized carbons (Fsp3) is 0.727. The first kappa shape index (κ1) is 27.4. The molecule has 0 atom stereocenters. The van der Waals surface area contributed by atoms with Gasteiger partial charge in [-0.2, -0.15) is 0 Å². The maximum absolute atomic E-state index is 9.75. The number of halogens is 4. The van der Waals surface area contributed by atoms with Crippen molar-refractivity contribution in [2.24, 2.45) is 0 Å². The van der Waals surface area contributed by atoms with E-state index in [1.165, 1.54) is 11.1 Å². The van der Waals surface area contributed by atoms with Crippen molar-refractivity contribution in [1.82, 2.24) is 0 Å². The van der Waals surface area contributed by atoms with E-state index in [4.69, 9.17) is 0 Å². The maximum Gasteiger partial charge on any atom is 0.673 e. The summed E-state index contributed by atoms with van der Waals surface area (Å²) < 4.78 is 39.0. The van der Waals surface area contributed by atoms with Crippen molar-refractivity contribution in [1.29, 1.82) is 0 Å². The summed E-state index contributed by atoms with van der Waals surface area (Å²) in [6.45, 7) is 28.5. The molecule has 28 heavy (non-hydrogen) atoms. The molecule has 0 bridgehead atoms. The van der Waals surface area contributed by atoms with Crippen LogP contribution in [0.3, 0.4) is 0 Å². The Kier molecular flexibility index (Phi) is 8.49. The summed E-state index contributed by atoms with van der Waals surface area (Å²) in [5.41, 5.74) is 3.35. The molecule has 0 aromatic heterocycles. The molecule has 0 fully saturated rings. The van der Waals surface area contributed by atoms with E-state index in [9.17, 15) is 17.3 Å². The molecule has 1 aromatic rings. The van der Waals surface area contributed by atoms with Crippen LogP contribution in [0.25, 0.3) is 0 Å². The van der Waals surface area contributed by atoms with Crippen LogP contribution in [-0.4, -0.2) is 17.6 Å². The summed E-state index contributed by atoms with van der Waals surface area (Å²) in [6, 6.07) is 7.47. The van der Waals surface area contributed by atoms with E-state index in [1.807, 2.05) is 0 Å². The van der Waals surface area contributed by atoms with E-state index in [2.05, 4.69) is 101 Å². The van der Waals surface area contributed by atoms with Gasteiger partial charge in [-0.25, -0.2) is 0 Å². The zero-order chi connectivity index (χ0) is 22.9. The van der Waals surface area contributed by atoms with E-state index in [-0.39, 0.29) is 10.8 Å². The molecular formula is C22H40BF4P. The summed E-state index contributed by atoms with van der Waals surface area (Å²) in [7, 11) is -6.72. The molecule has 0 unspecified atom stereocenters. The first-order valence-corrected chi connectivity index (χ1v) is 11.4. The monoisotopic (exact) mass is 422 g/mol. The molecule has 1 rings (SSSR count). The zero-order valence-corrected chi connectivity index (χ0v) is 20.8. The second-order valence-corrected chi connectivity index (χ2v) is 16.0. The van der Waals surface area contributed by atoms with Crippen LogP contribution in [0.15, 0.2) is 18.2 Å². The molecule has 0 heterocycles. The highest BCUT2D eigenvalue weighted by atomic mass is 31.1. The zero-order valence-electron chi connectivity index (χ0n) is 19.8. The molecular weight excluding hydrogens is 382 g/mol. The van der Waals surface area contributed by atoms with Crippen LogP contribution in [0.1, 0.15) is 94.2 Å². The van der Waals surface area contributed by atoms with Crippen molar-refractivity contribution in [2.45, 2.75) is 104 Å². The summed E-state index contributed by atoms with van der Waals surface area (Å²) in [6.07, 6.45) is 0. The van der Waals surface area contributed by atoms with Crippen LogP contribution in [0.2, 0.25) is 0 Å². The number of benzene rings is 1. The summed E-state index contributed by atoms with van der Waals surface area (Å²) in [5, 5.41) is 2.29. The molecule has 1 aromatic carbocycles. The van der Waals surface area contributed by atoms with Gasteiger partial charge in [-0.3, -0.25) is 0 Å². The van der Waals surface area contributed by atoms with Crippen LogP contribution in [0.4, 0.5) is 17.3 Å². The lowest BCUT2D eigenvalue weighted by molar-refractivity contribution is 0.368. The third kappa shape index (κ3) is 9.77. The van der Waals surface area contributed by atoms with Gasteiger partial charge >= 0.3 is 7.25 Å². The Labute approximate surface area is 171 Å². The summed E-state index contributed by atoms with van der Waals surface area (Å²) >= 11 is 0. The number of hydrogen-bond donors (Lipinski definition) is 0. The van der Waals surface area contributed by atoms with Crippen molar-refractivity contribution < 1.29 is 17.3 Å². The SMILES string of the molecule is CC(C)(C)c1cc([PH+](C(C)(C)C)C(C)(C)C)cc(C(C)(C)C)c1.F[B-](F)(F)F. The molecule has 0 nitrogen and oxygen atoms in total. The topological polar surface area (TPSA) is 0 Å². The van der Waals surface area contributed by atoms with Crippen molar-refractivity contribution >= 4 is 20.5 Å². The van der Waals surface area contributed by atoms with Crippen molar-refractivity contribution in [3.63, 3.8) is 0 Å². The molecule has 0 saturated heterocycles. The number of rotatable bonds is 1. The van der Waals surface area contributed by atoms with Gasteiger partial charge in [-0.15, -0.1) is 0 Å². The second kappa shape index (κ2) is 8.66. The molecule has 0 aliphatic heterocycles. The Hall–Kier alpha value is -0.565. The molecule has 0 amide bonds. The Morgan fingerprint density at radius 3 is 1.00 bits per heavy atom. The number of hydrogen-bond acceptors (Lipinski definition) is 0. The van der Waals surface area contributed by atoms with Gasteiger partial charge < -0.3 is 17.3 Å². The van der Waals surface area contributed by atoms with Gasteiger partial charge in [0.25, 0.3) is 0 Å². The fourth-order valence-electron chi connectivity index (χ4n) is 3.63. The first-order chi connectivity index (χ1) is 11.9. The van der Waals surface area contributed by atoms with E-state index in [1.54, 1.807) is 5.30 Å². The van der Waals surface area contributed by atoms with Gasteiger partial charge in [0.05, 0.1) is 15.6 Å². The van der Waals surface area contributed by atoms with Crippen molar-refractivity contribution in [2.75, 3.05) is 0 Å². The lowest BCUT2D eigenvalue weighted by atomic mass is 9.81. The van der Waals surface area contributed by atoms with Gasteiger partial charge in [0.1, 0.15) is 0 Å². The minimum atomic E-state index is -6.00. The standard InChI is InChI=1S/C22H39P.BF4/c1-19(2,3)16-13-17(20(4,5)6)15-18(14-16)23(21(7,8)9)22(10,11)12;2-1(3,4)5/h13-15H,1-12H3;/q;-1/p+1.